The highest BCUT2D eigenvalue weighted by molar-refractivity contribution is 5.96. The van der Waals surface area contributed by atoms with Crippen LogP contribution in [0.4, 0.5) is 5.82 Å². The molecule has 0 saturated carbocycles. The number of aryl methyl sites for hydroxylation is 1. The minimum Gasteiger partial charge on any atom is -0.493 e. The summed E-state index contributed by atoms with van der Waals surface area (Å²) in [5, 5.41) is 7.41. The van der Waals surface area contributed by atoms with E-state index in [9.17, 15) is 14.4 Å². The Labute approximate surface area is 276 Å². The number of carbonyl (C=O) groups excluding carboxylic acids is 3. The predicted molar refractivity (Wildman–Crippen MR) is 176 cm³/mol. The molecule has 47 heavy (non-hydrogen) atoms. The van der Waals surface area contributed by atoms with Crippen molar-refractivity contribution in [2.75, 3.05) is 44.4 Å². The number of esters is 1. The number of nitrogens with zero attached hydrogens (tertiary/aromatic N) is 4. The third-order valence-electron chi connectivity index (χ3n) is 8.44. The van der Waals surface area contributed by atoms with E-state index in [2.05, 4.69) is 22.2 Å². The number of nitrogens with one attached hydrogen (secondary N) is 1. The molecule has 0 radical (unpaired) electrons. The maximum atomic E-state index is 13.5. The largest absolute Gasteiger partial charge is 0.493 e. The van der Waals surface area contributed by atoms with Crippen LogP contribution < -0.4 is 15.0 Å². The van der Waals surface area contributed by atoms with Crippen molar-refractivity contribution in [1.29, 1.82) is 0 Å². The number of aromatic nitrogens is 3. The van der Waals surface area contributed by atoms with Gasteiger partial charge in [0.2, 0.25) is 0 Å². The Bertz CT molecular complexity index is 1600. The van der Waals surface area contributed by atoms with Gasteiger partial charge in [0.1, 0.15) is 11.6 Å². The smallest absolute Gasteiger partial charge is 0.340 e. The van der Waals surface area contributed by atoms with E-state index in [0.29, 0.717) is 54.8 Å². The average molecular weight is 650 g/mol. The summed E-state index contributed by atoms with van der Waals surface area (Å²) >= 11 is 0. The van der Waals surface area contributed by atoms with Crippen LogP contribution in [0.25, 0.3) is 5.65 Å². The van der Waals surface area contributed by atoms with Gasteiger partial charge in [0.25, 0.3) is 5.91 Å². The Balaban J connectivity index is 1.56. The van der Waals surface area contributed by atoms with Crippen molar-refractivity contribution in [3.63, 3.8) is 0 Å². The van der Waals surface area contributed by atoms with Crippen molar-refractivity contribution in [3.8, 4) is 5.75 Å². The van der Waals surface area contributed by atoms with E-state index in [-0.39, 0.29) is 36.7 Å². The zero-order valence-electron chi connectivity index (χ0n) is 28.4. The number of ketones is 1. The first-order chi connectivity index (χ1) is 22.4. The summed E-state index contributed by atoms with van der Waals surface area (Å²) in [4.78, 5) is 46.7. The number of hydrogen-bond donors (Lipinski definition) is 1. The van der Waals surface area contributed by atoms with Crippen LogP contribution >= 0.6 is 0 Å². The van der Waals surface area contributed by atoms with Gasteiger partial charge in [-0.2, -0.15) is 9.61 Å². The SMILES string of the molecule is CCOC(=O)[C@@H](OC(C)(C)C)c1c(C)nc2cc3nn2c1N1CCC(C)(CC1)OCCCCOc1ccccc1CC(=O)CNC3=O. The van der Waals surface area contributed by atoms with Gasteiger partial charge < -0.3 is 29.2 Å². The fourth-order valence-electron chi connectivity index (χ4n) is 6.01. The summed E-state index contributed by atoms with van der Waals surface area (Å²) in [5.41, 5.74) is 1.41. The van der Waals surface area contributed by atoms with E-state index in [1.165, 1.54) is 0 Å². The van der Waals surface area contributed by atoms with E-state index in [1.54, 1.807) is 17.5 Å². The number of fused-ring (bicyclic) bond motifs is 11. The van der Waals surface area contributed by atoms with Gasteiger partial charge in [0.05, 0.1) is 36.5 Å². The third kappa shape index (κ3) is 8.28. The van der Waals surface area contributed by atoms with Crippen LogP contribution in [0.3, 0.4) is 0 Å². The highest BCUT2D eigenvalue weighted by atomic mass is 16.6. The lowest BCUT2D eigenvalue weighted by molar-refractivity contribution is -0.167. The van der Waals surface area contributed by atoms with E-state index in [4.69, 9.17) is 23.9 Å². The van der Waals surface area contributed by atoms with Crippen LogP contribution in [0, 0.1) is 6.92 Å². The molecule has 12 heteroatoms. The van der Waals surface area contributed by atoms with Crippen molar-refractivity contribution >= 4 is 29.1 Å². The molecule has 3 aliphatic heterocycles. The average Bonchev–Trinajstić information content (AvgIpc) is 3.44. The molecule has 3 aromatic rings. The third-order valence-corrected chi connectivity index (χ3v) is 8.44. The molecule has 4 bridgehead atoms. The summed E-state index contributed by atoms with van der Waals surface area (Å²) < 4.78 is 25.9. The number of piperidine rings is 1. The van der Waals surface area contributed by atoms with E-state index in [1.807, 2.05) is 52.0 Å². The van der Waals surface area contributed by atoms with Gasteiger partial charge in [-0.15, -0.1) is 0 Å². The van der Waals surface area contributed by atoms with Gasteiger partial charge >= 0.3 is 5.97 Å². The molecule has 5 heterocycles. The van der Waals surface area contributed by atoms with Gasteiger partial charge in [0, 0.05) is 43.4 Å². The number of hydrogen-bond acceptors (Lipinski definition) is 10. The van der Waals surface area contributed by atoms with Crippen LogP contribution in [-0.4, -0.2) is 82.9 Å². The second-order valence-corrected chi connectivity index (χ2v) is 13.4. The molecule has 6 rings (SSSR count). The Morgan fingerprint density at radius 3 is 2.57 bits per heavy atom. The topological polar surface area (TPSA) is 134 Å². The number of para-hydroxylation sites is 1. The zero-order chi connectivity index (χ0) is 33.8. The number of benzene rings is 1. The summed E-state index contributed by atoms with van der Waals surface area (Å²) in [6, 6.07) is 9.06. The first kappa shape index (κ1) is 34.3. The number of amides is 1. The minimum absolute atomic E-state index is 0.104. The number of ether oxygens (including phenoxy) is 4. The minimum atomic E-state index is -1.08. The monoisotopic (exact) mass is 649 g/mol. The number of carbonyl (C=O) groups is 3. The summed E-state index contributed by atoms with van der Waals surface area (Å²) in [6.45, 7) is 13.7. The Hall–Kier alpha value is -4.03. The lowest BCUT2D eigenvalue weighted by atomic mass is 9.92. The van der Waals surface area contributed by atoms with Crippen molar-refractivity contribution in [2.45, 2.75) is 91.0 Å². The number of Topliss-reactive ketones (excluding diaryl/α,β-unsaturated/α-hetero) is 1. The fraction of sp³-hybridized carbons (Fsp3) is 0.571. The molecule has 1 N–H and O–H groups in total. The molecular formula is C35H47N5O7. The number of anilines is 1. The Kier molecular flexibility index (Phi) is 10.5. The van der Waals surface area contributed by atoms with Crippen molar-refractivity contribution < 1.29 is 33.3 Å². The standard InChI is InChI=1S/C35H47N5O7/c1-7-44-33(43)30(47-34(3,4)5)29-23(2)37-28-21-26-31(42)36-22-25(41)20-24-12-8-9-13-27(24)45-18-10-11-19-46-35(6)14-16-39(17-15-35)32(29)40(28)38-26/h8-9,12-13,21,30H,7,10-11,14-20,22H2,1-6H3,(H,36,42)/t30-/m0/s1. The molecule has 1 aromatic carbocycles. The van der Waals surface area contributed by atoms with Crippen LogP contribution in [0.2, 0.25) is 0 Å². The van der Waals surface area contributed by atoms with Crippen molar-refractivity contribution in [3.05, 3.63) is 52.8 Å². The van der Waals surface area contributed by atoms with E-state index < -0.39 is 23.6 Å². The van der Waals surface area contributed by atoms with Gasteiger partial charge in [-0.3, -0.25) is 9.59 Å². The van der Waals surface area contributed by atoms with Gasteiger partial charge in [-0.1, -0.05) is 18.2 Å². The summed E-state index contributed by atoms with van der Waals surface area (Å²) in [5.74, 6) is 0.0931. The van der Waals surface area contributed by atoms with Crippen LogP contribution in [0.15, 0.2) is 30.3 Å². The molecule has 3 aliphatic rings. The van der Waals surface area contributed by atoms with Crippen molar-refractivity contribution in [2.24, 2.45) is 0 Å². The molecule has 1 amide bonds. The normalized spacial score (nSPS) is 18.6. The molecule has 1 fully saturated rings. The quantitative estimate of drug-likeness (QED) is 0.402. The molecule has 12 nitrogen and oxygen atoms in total. The first-order valence-corrected chi connectivity index (χ1v) is 16.5. The van der Waals surface area contributed by atoms with Gasteiger partial charge in [0.15, 0.2) is 23.2 Å². The lowest BCUT2D eigenvalue weighted by Crippen LogP contribution is -2.46. The molecule has 2 aromatic heterocycles. The van der Waals surface area contributed by atoms with Crippen molar-refractivity contribution in [1.82, 2.24) is 19.9 Å². The van der Waals surface area contributed by atoms with E-state index >= 15 is 0 Å². The summed E-state index contributed by atoms with van der Waals surface area (Å²) in [7, 11) is 0. The molecule has 1 saturated heterocycles. The highest BCUT2D eigenvalue weighted by Gasteiger charge is 2.38. The second-order valence-electron chi connectivity index (χ2n) is 13.4. The highest BCUT2D eigenvalue weighted by Crippen LogP contribution is 2.38. The molecule has 1 atom stereocenters. The van der Waals surface area contributed by atoms with Crippen LogP contribution in [-0.2, 0) is 30.2 Å². The molecule has 0 spiro atoms. The zero-order valence-corrected chi connectivity index (χ0v) is 28.4. The molecule has 0 unspecified atom stereocenters. The Morgan fingerprint density at radius 2 is 1.85 bits per heavy atom. The number of rotatable bonds is 4. The first-order valence-electron chi connectivity index (χ1n) is 16.5. The maximum absolute atomic E-state index is 13.5. The molecule has 254 valence electrons. The lowest BCUT2D eigenvalue weighted by Gasteiger charge is -2.41. The Morgan fingerprint density at radius 1 is 1.13 bits per heavy atom. The predicted octanol–water partition coefficient (Wildman–Crippen LogP) is 4.55. The molecular weight excluding hydrogens is 602 g/mol. The van der Waals surface area contributed by atoms with Gasteiger partial charge in [-0.05, 0) is 73.3 Å². The summed E-state index contributed by atoms with van der Waals surface area (Å²) in [6.07, 6.45) is 2.16. The van der Waals surface area contributed by atoms with Crippen LogP contribution in [0.5, 0.6) is 5.75 Å². The fourth-order valence-corrected chi connectivity index (χ4v) is 6.01. The van der Waals surface area contributed by atoms with E-state index in [0.717, 1.165) is 31.2 Å². The maximum Gasteiger partial charge on any atom is 0.340 e. The molecule has 0 aliphatic carbocycles. The van der Waals surface area contributed by atoms with Gasteiger partial charge in [-0.25, -0.2) is 9.78 Å². The second kappa shape index (κ2) is 14.4. The van der Waals surface area contributed by atoms with Crippen LogP contribution in [0.1, 0.15) is 93.7 Å².